The zero-order valence-electron chi connectivity index (χ0n) is 12.0. The van der Waals surface area contributed by atoms with E-state index in [4.69, 9.17) is 4.18 Å². The third-order valence-corrected chi connectivity index (χ3v) is 5.20. The third-order valence-electron chi connectivity index (χ3n) is 3.92. The van der Waals surface area contributed by atoms with Crippen LogP contribution in [-0.4, -0.2) is 8.42 Å². The summed E-state index contributed by atoms with van der Waals surface area (Å²) in [5.74, 6) is 0. The van der Waals surface area contributed by atoms with E-state index in [2.05, 4.69) is 6.07 Å². The number of rotatable bonds is 4. The highest BCUT2D eigenvalue weighted by atomic mass is 32.2. The lowest BCUT2D eigenvalue weighted by Crippen LogP contribution is -2.07. The Morgan fingerprint density at radius 2 is 1.81 bits per heavy atom. The molecule has 0 aliphatic heterocycles. The van der Waals surface area contributed by atoms with Crippen LogP contribution < -0.4 is 0 Å². The van der Waals surface area contributed by atoms with Gasteiger partial charge in [0.15, 0.2) is 0 Å². The van der Waals surface area contributed by atoms with Gasteiger partial charge in [0.05, 0.1) is 11.5 Å². The van der Waals surface area contributed by atoms with Crippen LogP contribution in [-0.2, 0) is 33.7 Å². The molecule has 1 aliphatic rings. The lowest BCUT2D eigenvalue weighted by molar-refractivity contribution is 0.307. The van der Waals surface area contributed by atoms with Crippen LogP contribution in [0.2, 0.25) is 0 Å². The van der Waals surface area contributed by atoms with Gasteiger partial charge < -0.3 is 0 Å². The van der Waals surface area contributed by atoms with Crippen LogP contribution in [0.3, 0.4) is 0 Å². The molecule has 3 nitrogen and oxygen atoms in total. The van der Waals surface area contributed by atoms with Crippen LogP contribution in [0, 0.1) is 6.92 Å². The highest BCUT2D eigenvalue weighted by molar-refractivity contribution is 7.86. The Hall–Kier alpha value is -1.65. The Morgan fingerprint density at radius 3 is 2.57 bits per heavy atom. The molecule has 0 saturated carbocycles. The minimum atomic E-state index is -3.69. The van der Waals surface area contributed by atoms with E-state index >= 15 is 0 Å². The fourth-order valence-electron chi connectivity index (χ4n) is 2.75. The van der Waals surface area contributed by atoms with Crippen LogP contribution in [0.1, 0.15) is 28.7 Å². The average Bonchev–Trinajstić information content (AvgIpc) is 2.94. The summed E-state index contributed by atoms with van der Waals surface area (Å²) in [5.41, 5.74) is 4.59. The second kappa shape index (κ2) is 5.62. The van der Waals surface area contributed by atoms with Crippen molar-refractivity contribution in [3.05, 3.63) is 64.7 Å². The van der Waals surface area contributed by atoms with E-state index in [0.29, 0.717) is 0 Å². The molecule has 0 N–H and O–H groups in total. The van der Waals surface area contributed by atoms with E-state index in [9.17, 15) is 8.42 Å². The molecular weight excluding hydrogens is 284 g/mol. The number of aryl methyl sites for hydroxylation is 2. The highest BCUT2D eigenvalue weighted by Crippen LogP contribution is 2.26. The average molecular weight is 302 g/mol. The molecule has 0 radical (unpaired) electrons. The molecule has 2 aromatic rings. The number of fused-ring (bicyclic) bond motifs is 1. The van der Waals surface area contributed by atoms with Crippen LogP contribution in [0.15, 0.2) is 47.4 Å². The van der Waals surface area contributed by atoms with Crippen molar-refractivity contribution in [1.82, 2.24) is 0 Å². The lowest BCUT2D eigenvalue weighted by Gasteiger charge is -2.10. The monoisotopic (exact) mass is 302 g/mol. The second-order valence-corrected chi connectivity index (χ2v) is 7.05. The molecule has 1 aliphatic carbocycles. The van der Waals surface area contributed by atoms with Gasteiger partial charge in [-0.1, -0.05) is 35.9 Å². The van der Waals surface area contributed by atoms with E-state index in [1.54, 1.807) is 24.3 Å². The predicted octanol–water partition coefficient (Wildman–Crippen LogP) is 3.39. The van der Waals surface area contributed by atoms with Crippen LogP contribution in [0.4, 0.5) is 0 Å². The summed E-state index contributed by atoms with van der Waals surface area (Å²) >= 11 is 0. The molecule has 0 bridgehead atoms. The van der Waals surface area contributed by atoms with Crippen molar-refractivity contribution < 1.29 is 12.6 Å². The van der Waals surface area contributed by atoms with Crippen molar-refractivity contribution in [2.24, 2.45) is 0 Å². The van der Waals surface area contributed by atoms with Gasteiger partial charge >= 0.3 is 0 Å². The summed E-state index contributed by atoms with van der Waals surface area (Å²) in [6, 6.07) is 12.8. The van der Waals surface area contributed by atoms with Crippen LogP contribution in [0.25, 0.3) is 0 Å². The standard InChI is InChI=1S/C17H18O3S/c1-13-8-10-16(11-9-13)21(18,19)20-12-15-6-2-4-14-5-3-7-17(14)15/h2,4,6,8-11H,3,5,7,12H2,1H3. The zero-order chi connectivity index (χ0) is 14.9. The molecule has 0 atom stereocenters. The summed E-state index contributed by atoms with van der Waals surface area (Å²) < 4.78 is 29.6. The summed E-state index contributed by atoms with van der Waals surface area (Å²) in [6.45, 7) is 2.03. The van der Waals surface area contributed by atoms with Crippen molar-refractivity contribution in [3.8, 4) is 0 Å². The fourth-order valence-corrected chi connectivity index (χ4v) is 3.64. The first-order valence-electron chi connectivity index (χ1n) is 7.12. The first-order chi connectivity index (χ1) is 10.1. The summed E-state index contributed by atoms with van der Waals surface area (Å²) in [7, 11) is -3.69. The van der Waals surface area contributed by atoms with E-state index in [1.807, 2.05) is 19.1 Å². The van der Waals surface area contributed by atoms with Crippen molar-refractivity contribution in [2.75, 3.05) is 0 Å². The number of benzene rings is 2. The van der Waals surface area contributed by atoms with E-state index in [1.165, 1.54) is 11.1 Å². The first kappa shape index (κ1) is 14.3. The predicted molar refractivity (Wildman–Crippen MR) is 81.6 cm³/mol. The molecule has 0 fully saturated rings. The van der Waals surface area contributed by atoms with Gasteiger partial charge in [0.25, 0.3) is 10.1 Å². The van der Waals surface area contributed by atoms with Crippen molar-refractivity contribution in [1.29, 1.82) is 0 Å². The zero-order valence-corrected chi connectivity index (χ0v) is 12.8. The number of hydrogen-bond acceptors (Lipinski definition) is 3. The largest absolute Gasteiger partial charge is 0.297 e. The maximum Gasteiger partial charge on any atom is 0.297 e. The third kappa shape index (κ3) is 3.01. The molecule has 4 heteroatoms. The van der Waals surface area contributed by atoms with Gasteiger partial charge in [-0.25, -0.2) is 0 Å². The molecule has 21 heavy (non-hydrogen) atoms. The Morgan fingerprint density at radius 1 is 1.05 bits per heavy atom. The quantitative estimate of drug-likeness (QED) is 0.813. The molecule has 0 amide bonds. The van der Waals surface area contributed by atoms with E-state index in [-0.39, 0.29) is 11.5 Å². The normalized spacial score (nSPS) is 14.1. The van der Waals surface area contributed by atoms with Gasteiger partial charge in [-0.05, 0) is 55.0 Å². The highest BCUT2D eigenvalue weighted by Gasteiger charge is 2.18. The Balaban J connectivity index is 1.78. The lowest BCUT2D eigenvalue weighted by atomic mass is 10.0. The molecule has 0 heterocycles. The Kier molecular flexibility index (Phi) is 3.83. The Labute approximate surface area is 125 Å². The smallest absolute Gasteiger partial charge is 0.262 e. The Bertz CT molecular complexity index is 746. The van der Waals surface area contributed by atoms with E-state index in [0.717, 1.165) is 30.4 Å². The maximum absolute atomic E-state index is 12.2. The molecule has 110 valence electrons. The minimum absolute atomic E-state index is 0.110. The van der Waals surface area contributed by atoms with Crippen molar-refractivity contribution >= 4 is 10.1 Å². The molecule has 0 saturated heterocycles. The summed E-state index contributed by atoms with van der Waals surface area (Å²) in [5, 5.41) is 0. The van der Waals surface area contributed by atoms with Crippen LogP contribution in [0.5, 0.6) is 0 Å². The molecule has 0 spiro atoms. The molecule has 0 unspecified atom stereocenters. The molecule has 0 aromatic heterocycles. The van der Waals surface area contributed by atoms with Gasteiger partial charge in [-0.15, -0.1) is 0 Å². The van der Waals surface area contributed by atoms with Gasteiger partial charge in [-0.2, -0.15) is 8.42 Å². The van der Waals surface area contributed by atoms with Crippen molar-refractivity contribution in [2.45, 2.75) is 37.7 Å². The van der Waals surface area contributed by atoms with Crippen molar-refractivity contribution in [3.63, 3.8) is 0 Å². The van der Waals surface area contributed by atoms with Gasteiger partial charge in [-0.3, -0.25) is 4.18 Å². The first-order valence-corrected chi connectivity index (χ1v) is 8.53. The van der Waals surface area contributed by atoms with Gasteiger partial charge in [0.1, 0.15) is 0 Å². The second-order valence-electron chi connectivity index (χ2n) is 5.44. The topological polar surface area (TPSA) is 43.4 Å². The van der Waals surface area contributed by atoms with Gasteiger partial charge in [0, 0.05) is 0 Å². The summed E-state index contributed by atoms with van der Waals surface area (Å²) in [6.07, 6.45) is 3.23. The fraction of sp³-hybridized carbons (Fsp3) is 0.294. The van der Waals surface area contributed by atoms with E-state index < -0.39 is 10.1 Å². The maximum atomic E-state index is 12.2. The minimum Gasteiger partial charge on any atom is -0.262 e. The molecular formula is C17H18O3S. The van der Waals surface area contributed by atoms with Crippen LogP contribution >= 0.6 is 0 Å². The summed E-state index contributed by atoms with van der Waals surface area (Å²) in [4.78, 5) is 0.209. The molecule has 2 aromatic carbocycles. The van der Waals surface area contributed by atoms with Gasteiger partial charge in [0.2, 0.25) is 0 Å². The SMILES string of the molecule is Cc1ccc(S(=O)(=O)OCc2cccc3c2CCC3)cc1. The molecule has 3 rings (SSSR count). The number of hydrogen-bond donors (Lipinski definition) is 0.